The van der Waals surface area contributed by atoms with E-state index < -0.39 is 5.97 Å². The fourth-order valence-electron chi connectivity index (χ4n) is 1.85. The van der Waals surface area contributed by atoms with Crippen molar-refractivity contribution in [3.63, 3.8) is 0 Å². The molecule has 0 aliphatic heterocycles. The van der Waals surface area contributed by atoms with Gasteiger partial charge in [-0.05, 0) is 25.0 Å². The van der Waals surface area contributed by atoms with Crippen LogP contribution in [0, 0.1) is 13.8 Å². The number of ether oxygens (including phenoxy) is 1. The molecule has 0 bridgehead atoms. The van der Waals surface area contributed by atoms with Crippen molar-refractivity contribution in [3.05, 3.63) is 41.2 Å². The van der Waals surface area contributed by atoms with Crippen molar-refractivity contribution < 1.29 is 9.53 Å². The number of rotatable bonds is 2. The van der Waals surface area contributed by atoms with Crippen molar-refractivity contribution in [1.82, 2.24) is 9.97 Å². The van der Waals surface area contributed by atoms with Gasteiger partial charge in [0.05, 0.1) is 13.3 Å². The topological polar surface area (TPSA) is 55.0 Å². The minimum atomic E-state index is -0.407. The van der Waals surface area contributed by atoms with Crippen molar-refractivity contribution >= 4 is 5.97 Å². The van der Waals surface area contributed by atoms with Gasteiger partial charge in [0.2, 0.25) is 0 Å². The summed E-state index contributed by atoms with van der Waals surface area (Å²) in [6.07, 6.45) is 1.49. The van der Waals surface area contributed by atoms with Crippen LogP contribution in [-0.2, 0) is 4.74 Å². The molecule has 0 aliphatic carbocycles. The zero-order valence-electron chi connectivity index (χ0n) is 10.1. The number of esters is 1. The molecule has 0 atom stereocenters. The van der Waals surface area contributed by atoms with Gasteiger partial charge < -0.3 is 9.72 Å². The summed E-state index contributed by atoms with van der Waals surface area (Å²) in [5, 5.41) is 0. The van der Waals surface area contributed by atoms with Gasteiger partial charge in [0.15, 0.2) is 0 Å². The van der Waals surface area contributed by atoms with E-state index in [9.17, 15) is 4.79 Å². The Hall–Kier alpha value is -2.10. The number of carbonyl (C=O) groups is 1. The first-order valence-corrected chi connectivity index (χ1v) is 5.33. The number of aromatic amines is 1. The molecule has 1 aromatic heterocycles. The quantitative estimate of drug-likeness (QED) is 0.806. The Kier molecular flexibility index (Phi) is 2.95. The number of H-pyrrole nitrogens is 1. The zero-order valence-corrected chi connectivity index (χ0v) is 10.1. The largest absolute Gasteiger partial charge is 0.464 e. The van der Waals surface area contributed by atoms with Gasteiger partial charge >= 0.3 is 5.97 Å². The Labute approximate surface area is 99.7 Å². The molecule has 0 spiro atoms. The molecule has 1 heterocycles. The molecule has 0 radical (unpaired) electrons. The van der Waals surface area contributed by atoms with E-state index in [0.29, 0.717) is 11.5 Å². The molecule has 2 aromatic rings. The first-order chi connectivity index (χ1) is 8.13. The standard InChI is InChI=1S/C13H14N2O2/c1-8-5-4-6-9(2)11(8)12-14-7-10(15-12)13(16)17-3/h4-7H,1-3H3,(H,14,15). The van der Waals surface area contributed by atoms with Crippen LogP contribution in [0.25, 0.3) is 11.4 Å². The van der Waals surface area contributed by atoms with E-state index in [-0.39, 0.29) is 0 Å². The van der Waals surface area contributed by atoms with E-state index in [2.05, 4.69) is 14.7 Å². The first-order valence-electron chi connectivity index (χ1n) is 5.33. The summed E-state index contributed by atoms with van der Waals surface area (Å²) in [5.74, 6) is 0.288. The molecule has 1 aromatic carbocycles. The van der Waals surface area contributed by atoms with E-state index in [1.54, 1.807) is 0 Å². The Morgan fingerprint density at radius 3 is 2.53 bits per heavy atom. The average molecular weight is 230 g/mol. The lowest BCUT2D eigenvalue weighted by molar-refractivity contribution is 0.0595. The fraction of sp³-hybridized carbons (Fsp3) is 0.231. The monoisotopic (exact) mass is 230 g/mol. The smallest absolute Gasteiger partial charge is 0.356 e. The Morgan fingerprint density at radius 1 is 1.29 bits per heavy atom. The van der Waals surface area contributed by atoms with E-state index in [0.717, 1.165) is 16.7 Å². The van der Waals surface area contributed by atoms with Gasteiger partial charge in [-0.1, -0.05) is 18.2 Å². The van der Waals surface area contributed by atoms with Crippen LogP contribution in [0.3, 0.4) is 0 Å². The van der Waals surface area contributed by atoms with Crippen molar-refractivity contribution in [3.8, 4) is 11.4 Å². The van der Waals surface area contributed by atoms with Crippen LogP contribution in [0.4, 0.5) is 0 Å². The fourth-order valence-corrected chi connectivity index (χ4v) is 1.85. The predicted octanol–water partition coefficient (Wildman–Crippen LogP) is 2.48. The summed E-state index contributed by atoms with van der Waals surface area (Å²) in [6, 6.07) is 6.03. The molecular weight excluding hydrogens is 216 g/mol. The maximum absolute atomic E-state index is 11.3. The Bertz CT molecular complexity index is 538. The van der Waals surface area contributed by atoms with Gasteiger partial charge in [0.25, 0.3) is 0 Å². The molecule has 0 saturated heterocycles. The molecule has 0 saturated carbocycles. The van der Waals surface area contributed by atoms with E-state index in [1.807, 2.05) is 32.0 Å². The SMILES string of the molecule is COC(=O)c1cnc(-c2c(C)cccc2C)[nH]1. The molecule has 4 heteroatoms. The summed E-state index contributed by atoms with van der Waals surface area (Å²) in [5.41, 5.74) is 3.64. The highest BCUT2D eigenvalue weighted by atomic mass is 16.5. The number of hydrogen-bond donors (Lipinski definition) is 1. The zero-order chi connectivity index (χ0) is 12.4. The number of nitrogens with one attached hydrogen (secondary N) is 1. The number of benzene rings is 1. The Morgan fingerprint density at radius 2 is 1.94 bits per heavy atom. The second kappa shape index (κ2) is 4.41. The van der Waals surface area contributed by atoms with E-state index in [1.165, 1.54) is 13.3 Å². The van der Waals surface area contributed by atoms with Crippen LogP contribution < -0.4 is 0 Å². The predicted molar refractivity (Wildman–Crippen MR) is 64.8 cm³/mol. The highest BCUT2D eigenvalue weighted by molar-refractivity contribution is 5.87. The van der Waals surface area contributed by atoms with Crippen molar-refractivity contribution in [2.75, 3.05) is 7.11 Å². The van der Waals surface area contributed by atoms with Crippen LogP contribution in [0.2, 0.25) is 0 Å². The lowest BCUT2D eigenvalue weighted by atomic mass is 10.0. The minimum Gasteiger partial charge on any atom is -0.464 e. The van der Waals surface area contributed by atoms with Gasteiger partial charge in [0.1, 0.15) is 11.5 Å². The molecule has 1 N–H and O–H groups in total. The second-order valence-corrected chi connectivity index (χ2v) is 3.90. The number of aromatic nitrogens is 2. The van der Waals surface area contributed by atoms with Crippen molar-refractivity contribution in [2.45, 2.75) is 13.8 Å². The van der Waals surface area contributed by atoms with Gasteiger partial charge in [-0.3, -0.25) is 0 Å². The number of aryl methyl sites for hydroxylation is 2. The maximum Gasteiger partial charge on any atom is 0.356 e. The number of imidazole rings is 1. The van der Waals surface area contributed by atoms with Crippen molar-refractivity contribution in [1.29, 1.82) is 0 Å². The number of methoxy groups -OCH3 is 1. The van der Waals surface area contributed by atoms with Gasteiger partial charge in [0, 0.05) is 5.56 Å². The second-order valence-electron chi connectivity index (χ2n) is 3.90. The highest BCUT2D eigenvalue weighted by Crippen LogP contribution is 2.24. The summed E-state index contributed by atoms with van der Waals surface area (Å²) in [4.78, 5) is 18.5. The Balaban J connectivity index is 2.47. The first kappa shape index (κ1) is 11.4. The summed E-state index contributed by atoms with van der Waals surface area (Å²) >= 11 is 0. The van der Waals surface area contributed by atoms with Gasteiger partial charge in [-0.25, -0.2) is 9.78 Å². The number of nitrogens with zero attached hydrogens (tertiary/aromatic N) is 1. The summed E-state index contributed by atoms with van der Waals surface area (Å²) < 4.78 is 4.64. The van der Waals surface area contributed by atoms with Gasteiger partial charge in [-0.2, -0.15) is 0 Å². The molecule has 2 rings (SSSR count). The maximum atomic E-state index is 11.3. The third kappa shape index (κ3) is 2.06. The minimum absolute atomic E-state index is 0.366. The molecule has 0 unspecified atom stereocenters. The van der Waals surface area contributed by atoms with Crippen molar-refractivity contribution in [2.24, 2.45) is 0 Å². The van der Waals surface area contributed by atoms with Crippen LogP contribution in [0.1, 0.15) is 21.6 Å². The third-order valence-electron chi connectivity index (χ3n) is 2.70. The van der Waals surface area contributed by atoms with E-state index in [4.69, 9.17) is 0 Å². The number of hydrogen-bond acceptors (Lipinski definition) is 3. The number of carbonyl (C=O) groups excluding carboxylic acids is 1. The normalized spacial score (nSPS) is 10.3. The molecule has 17 heavy (non-hydrogen) atoms. The lowest BCUT2D eigenvalue weighted by Gasteiger charge is -2.06. The van der Waals surface area contributed by atoms with E-state index >= 15 is 0 Å². The molecule has 0 fully saturated rings. The lowest BCUT2D eigenvalue weighted by Crippen LogP contribution is -2.01. The van der Waals surface area contributed by atoms with Gasteiger partial charge in [-0.15, -0.1) is 0 Å². The van der Waals surface area contributed by atoms with Crippen LogP contribution in [0.5, 0.6) is 0 Å². The molecule has 88 valence electrons. The average Bonchev–Trinajstić information content (AvgIpc) is 2.77. The highest BCUT2D eigenvalue weighted by Gasteiger charge is 2.13. The summed E-state index contributed by atoms with van der Waals surface area (Å²) in [7, 11) is 1.35. The van der Waals surface area contributed by atoms with Crippen LogP contribution in [0.15, 0.2) is 24.4 Å². The third-order valence-corrected chi connectivity index (χ3v) is 2.70. The molecule has 0 amide bonds. The molecule has 4 nitrogen and oxygen atoms in total. The molecule has 0 aliphatic rings. The van der Waals surface area contributed by atoms with Crippen LogP contribution in [-0.4, -0.2) is 23.0 Å². The van der Waals surface area contributed by atoms with Crippen LogP contribution >= 0.6 is 0 Å². The molecular formula is C13H14N2O2. The summed E-state index contributed by atoms with van der Waals surface area (Å²) in [6.45, 7) is 4.03.